The van der Waals surface area contributed by atoms with Gasteiger partial charge in [-0.05, 0) is 106 Å². The predicted octanol–water partition coefficient (Wildman–Crippen LogP) is 13.3. The summed E-state index contributed by atoms with van der Waals surface area (Å²) in [5, 5.41) is 2.51. The average Bonchev–Trinajstić information content (AvgIpc) is 3.68. The van der Waals surface area contributed by atoms with Crippen LogP contribution < -0.4 is 4.90 Å². The van der Waals surface area contributed by atoms with E-state index in [4.69, 9.17) is 0 Å². The Labute approximate surface area is 310 Å². The van der Waals surface area contributed by atoms with Crippen molar-refractivity contribution in [3.05, 3.63) is 199 Å². The summed E-state index contributed by atoms with van der Waals surface area (Å²) in [6.45, 7) is 4.69. The van der Waals surface area contributed by atoms with Crippen LogP contribution in [0.5, 0.6) is 0 Å². The first kappa shape index (κ1) is 31.1. The molecule has 0 radical (unpaired) electrons. The summed E-state index contributed by atoms with van der Waals surface area (Å²) in [5.74, 6) is 0. The number of fused-ring (bicyclic) bond motifs is 6. The molecule has 0 saturated carbocycles. The fraction of sp³-hybridized carbons (Fsp3) is 0.0600. The number of pyridine rings is 1. The number of aromatic nitrogens is 2. The van der Waals surface area contributed by atoms with E-state index < -0.39 is 0 Å². The zero-order valence-electron chi connectivity index (χ0n) is 29.7. The molecule has 252 valence electrons. The highest BCUT2D eigenvalue weighted by molar-refractivity contribution is 6.10. The Morgan fingerprint density at radius 2 is 1.13 bits per heavy atom. The molecule has 0 bridgehead atoms. The van der Waals surface area contributed by atoms with Gasteiger partial charge in [0.25, 0.3) is 0 Å². The number of rotatable bonds is 6. The second-order valence-corrected chi connectivity index (χ2v) is 14.5. The Bertz CT molecular complexity index is 2780. The summed E-state index contributed by atoms with van der Waals surface area (Å²) in [5.41, 5.74) is 16.9. The molecule has 0 saturated heterocycles. The van der Waals surface area contributed by atoms with Crippen LogP contribution in [0.1, 0.15) is 25.0 Å². The van der Waals surface area contributed by atoms with Crippen molar-refractivity contribution < 1.29 is 0 Å². The minimum absolute atomic E-state index is 0.0933. The molecule has 2 heterocycles. The van der Waals surface area contributed by atoms with E-state index in [2.05, 4.69) is 198 Å². The number of hydrogen-bond donors (Lipinski definition) is 0. The number of hydrogen-bond acceptors (Lipinski definition) is 2. The summed E-state index contributed by atoms with van der Waals surface area (Å²) >= 11 is 0. The van der Waals surface area contributed by atoms with Crippen molar-refractivity contribution in [2.45, 2.75) is 19.3 Å². The van der Waals surface area contributed by atoms with Gasteiger partial charge in [-0.2, -0.15) is 0 Å². The minimum Gasteiger partial charge on any atom is -0.310 e. The quantitative estimate of drug-likeness (QED) is 0.174. The first-order valence-corrected chi connectivity index (χ1v) is 18.3. The number of benzene rings is 7. The molecule has 0 N–H and O–H groups in total. The average molecular weight is 680 g/mol. The maximum Gasteiger partial charge on any atom is 0.0543 e. The summed E-state index contributed by atoms with van der Waals surface area (Å²) in [6, 6.07) is 64.0. The smallest absolute Gasteiger partial charge is 0.0543 e. The Balaban J connectivity index is 1.10. The first-order valence-electron chi connectivity index (χ1n) is 18.3. The van der Waals surface area contributed by atoms with Crippen molar-refractivity contribution in [3.63, 3.8) is 0 Å². The molecule has 7 aromatic carbocycles. The molecule has 0 aliphatic heterocycles. The molecular weight excluding hydrogens is 643 g/mol. The van der Waals surface area contributed by atoms with E-state index in [1.807, 2.05) is 18.5 Å². The van der Waals surface area contributed by atoms with Gasteiger partial charge in [0.05, 0.1) is 16.7 Å². The van der Waals surface area contributed by atoms with Crippen LogP contribution in [0.15, 0.2) is 188 Å². The van der Waals surface area contributed by atoms with Crippen molar-refractivity contribution in [2.75, 3.05) is 4.90 Å². The molecule has 0 fully saturated rings. The highest BCUT2D eigenvalue weighted by atomic mass is 15.1. The van der Waals surface area contributed by atoms with Crippen LogP contribution in [0, 0.1) is 0 Å². The van der Waals surface area contributed by atoms with Gasteiger partial charge in [-0.25, -0.2) is 0 Å². The number of nitrogens with zero attached hydrogens (tertiary/aromatic N) is 3. The maximum absolute atomic E-state index is 4.36. The molecule has 0 unspecified atom stereocenters. The van der Waals surface area contributed by atoms with Gasteiger partial charge in [-0.1, -0.05) is 123 Å². The summed E-state index contributed by atoms with van der Waals surface area (Å²) in [4.78, 5) is 6.78. The van der Waals surface area contributed by atoms with E-state index >= 15 is 0 Å². The van der Waals surface area contributed by atoms with Crippen molar-refractivity contribution in [1.82, 2.24) is 9.55 Å². The molecule has 9 aromatic rings. The highest BCUT2D eigenvalue weighted by Crippen LogP contribution is 2.54. The molecule has 0 amide bonds. The lowest BCUT2D eigenvalue weighted by Gasteiger charge is -2.29. The third-order valence-corrected chi connectivity index (χ3v) is 11.1. The SMILES string of the molecule is CC1(C)c2ccccc2-c2c(N(c3ccc(-c4cccnc4)cc3)c3ccc(-c4ccc5c(c4)c4ccccc4n5-c4ccccc4)cc3)cccc21. The van der Waals surface area contributed by atoms with Gasteiger partial charge in [0, 0.05) is 51.2 Å². The lowest BCUT2D eigenvalue weighted by atomic mass is 9.82. The fourth-order valence-corrected chi connectivity index (χ4v) is 8.50. The molecule has 0 atom stereocenters. The summed E-state index contributed by atoms with van der Waals surface area (Å²) in [7, 11) is 0. The van der Waals surface area contributed by atoms with Gasteiger partial charge in [0.2, 0.25) is 0 Å². The Morgan fingerprint density at radius 1 is 0.491 bits per heavy atom. The largest absolute Gasteiger partial charge is 0.310 e. The molecular formula is C50H37N3. The molecule has 3 heteroatoms. The second kappa shape index (κ2) is 12.2. The molecule has 1 aliphatic rings. The zero-order valence-corrected chi connectivity index (χ0v) is 29.7. The van der Waals surface area contributed by atoms with Crippen molar-refractivity contribution in [1.29, 1.82) is 0 Å². The number of anilines is 3. The Morgan fingerprint density at radius 3 is 1.89 bits per heavy atom. The van der Waals surface area contributed by atoms with Gasteiger partial charge < -0.3 is 9.47 Å². The van der Waals surface area contributed by atoms with E-state index in [-0.39, 0.29) is 5.41 Å². The van der Waals surface area contributed by atoms with Gasteiger partial charge in [-0.3, -0.25) is 4.98 Å². The summed E-state index contributed by atoms with van der Waals surface area (Å²) in [6.07, 6.45) is 3.74. The van der Waals surface area contributed by atoms with Crippen LogP contribution >= 0.6 is 0 Å². The van der Waals surface area contributed by atoms with E-state index in [1.54, 1.807) is 0 Å². The predicted molar refractivity (Wildman–Crippen MR) is 222 cm³/mol. The van der Waals surface area contributed by atoms with E-state index in [1.165, 1.54) is 66.6 Å². The zero-order chi connectivity index (χ0) is 35.5. The standard InChI is InChI=1S/C50H37N3/c1-50(2)44-17-8-6-16-42(44)49-45(50)18-10-20-48(49)52(40-28-23-35(24-29-40)37-12-11-31-51-33-37)39-26-21-34(22-27-39)36-25-30-47-43(32-36)41-15-7-9-19-46(41)53(47)38-13-4-3-5-14-38/h3-33H,1-2H3. The molecule has 1 aliphatic carbocycles. The third-order valence-electron chi connectivity index (χ3n) is 11.1. The topological polar surface area (TPSA) is 21.1 Å². The van der Waals surface area contributed by atoms with Gasteiger partial charge in [-0.15, -0.1) is 0 Å². The molecule has 3 nitrogen and oxygen atoms in total. The van der Waals surface area contributed by atoms with E-state index in [0.29, 0.717) is 0 Å². The maximum atomic E-state index is 4.36. The lowest BCUT2D eigenvalue weighted by molar-refractivity contribution is 0.660. The van der Waals surface area contributed by atoms with Crippen LogP contribution in [0.25, 0.3) is 60.9 Å². The molecule has 2 aromatic heterocycles. The minimum atomic E-state index is -0.0933. The van der Waals surface area contributed by atoms with Crippen LogP contribution in [-0.4, -0.2) is 9.55 Å². The van der Waals surface area contributed by atoms with Gasteiger partial charge in [0.1, 0.15) is 0 Å². The fourth-order valence-electron chi connectivity index (χ4n) is 8.50. The van der Waals surface area contributed by atoms with Gasteiger partial charge >= 0.3 is 0 Å². The van der Waals surface area contributed by atoms with E-state index in [0.717, 1.165) is 22.5 Å². The normalized spacial score (nSPS) is 12.9. The summed E-state index contributed by atoms with van der Waals surface area (Å²) < 4.78 is 2.37. The first-order chi connectivity index (χ1) is 26.1. The lowest BCUT2D eigenvalue weighted by Crippen LogP contribution is -2.16. The Hall–Kier alpha value is -6.71. The van der Waals surface area contributed by atoms with Gasteiger partial charge in [0.15, 0.2) is 0 Å². The van der Waals surface area contributed by atoms with Crippen molar-refractivity contribution >= 4 is 38.9 Å². The van der Waals surface area contributed by atoms with Crippen LogP contribution in [-0.2, 0) is 5.41 Å². The molecule has 0 spiro atoms. The number of para-hydroxylation sites is 2. The van der Waals surface area contributed by atoms with Crippen LogP contribution in [0.3, 0.4) is 0 Å². The third kappa shape index (κ3) is 5.00. The molecule has 10 rings (SSSR count). The van der Waals surface area contributed by atoms with Crippen molar-refractivity contribution in [2.24, 2.45) is 0 Å². The van der Waals surface area contributed by atoms with Crippen LogP contribution in [0.2, 0.25) is 0 Å². The van der Waals surface area contributed by atoms with E-state index in [9.17, 15) is 0 Å². The monoisotopic (exact) mass is 679 g/mol. The Kier molecular flexibility index (Phi) is 7.16. The van der Waals surface area contributed by atoms with Crippen LogP contribution in [0.4, 0.5) is 17.1 Å². The van der Waals surface area contributed by atoms with Crippen molar-refractivity contribution in [3.8, 4) is 39.1 Å². The second-order valence-electron chi connectivity index (χ2n) is 14.5. The molecule has 53 heavy (non-hydrogen) atoms. The highest BCUT2D eigenvalue weighted by Gasteiger charge is 2.37.